The molecule has 1 fully saturated rings. The Morgan fingerprint density at radius 1 is 1.19 bits per heavy atom. The van der Waals surface area contributed by atoms with E-state index in [1.807, 2.05) is 12.1 Å². The van der Waals surface area contributed by atoms with E-state index in [0.29, 0.717) is 11.6 Å². The number of fused-ring (bicyclic) bond motifs is 1. The van der Waals surface area contributed by atoms with Gasteiger partial charge in [-0.25, -0.2) is 12.4 Å². The van der Waals surface area contributed by atoms with Crippen molar-refractivity contribution in [1.29, 1.82) is 0 Å². The van der Waals surface area contributed by atoms with Gasteiger partial charge in [-0.15, -0.1) is 0 Å². The van der Waals surface area contributed by atoms with Crippen molar-refractivity contribution in [3.05, 3.63) is 54.9 Å². The average Bonchev–Trinajstić information content (AvgIpc) is 3.09. The summed E-state index contributed by atoms with van der Waals surface area (Å²) in [5.41, 5.74) is 2.21. The van der Waals surface area contributed by atoms with Crippen LogP contribution in [0.25, 0.3) is 11.0 Å². The Labute approximate surface area is 153 Å². The molecule has 3 heterocycles. The van der Waals surface area contributed by atoms with Crippen molar-refractivity contribution in [3.63, 3.8) is 0 Å². The summed E-state index contributed by atoms with van der Waals surface area (Å²) in [5, 5.41) is 3.49. The molecule has 1 N–H and O–H groups in total. The molecule has 6 nitrogen and oxygen atoms in total. The van der Waals surface area contributed by atoms with Crippen molar-refractivity contribution >= 4 is 26.7 Å². The number of hydrogen-bond acceptors (Lipinski definition) is 5. The van der Waals surface area contributed by atoms with Crippen molar-refractivity contribution in [3.8, 4) is 0 Å². The van der Waals surface area contributed by atoms with Crippen LogP contribution in [0.5, 0.6) is 0 Å². The third kappa shape index (κ3) is 2.87. The Morgan fingerprint density at radius 3 is 2.77 bits per heavy atom. The average molecular weight is 370 g/mol. The zero-order valence-electron chi connectivity index (χ0n) is 14.7. The number of aromatic nitrogens is 2. The summed E-state index contributed by atoms with van der Waals surface area (Å²) < 4.78 is 27.7. The minimum atomic E-state index is -3.67. The molecule has 1 aliphatic heterocycles. The van der Waals surface area contributed by atoms with Crippen LogP contribution >= 0.6 is 0 Å². The lowest BCUT2D eigenvalue weighted by Crippen LogP contribution is -2.50. The van der Waals surface area contributed by atoms with Crippen LogP contribution in [0.4, 0.5) is 5.69 Å². The SMILES string of the molecule is CCC1CN(c2cn(S(=O)(=O)c3ccccc3)c3cccnc23)CCN1. The van der Waals surface area contributed by atoms with Gasteiger partial charge < -0.3 is 10.2 Å². The first-order chi connectivity index (χ1) is 12.6. The van der Waals surface area contributed by atoms with Crippen LogP contribution in [-0.4, -0.2) is 43.1 Å². The lowest BCUT2D eigenvalue weighted by molar-refractivity contribution is 0.447. The molecule has 1 aliphatic rings. The zero-order chi connectivity index (χ0) is 18.1. The zero-order valence-corrected chi connectivity index (χ0v) is 15.5. The molecule has 4 rings (SSSR count). The topological polar surface area (TPSA) is 67.2 Å². The van der Waals surface area contributed by atoms with E-state index in [-0.39, 0.29) is 4.90 Å². The number of piperazine rings is 1. The van der Waals surface area contributed by atoms with Gasteiger partial charge in [0, 0.05) is 38.1 Å². The Bertz CT molecular complexity index is 1010. The van der Waals surface area contributed by atoms with Gasteiger partial charge >= 0.3 is 0 Å². The standard InChI is InChI=1S/C19H22N4O2S/c1-2-15-13-22(12-11-20-15)18-14-23(17-9-6-10-21-19(17)18)26(24,25)16-7-4-3-5-8-16/h3-10,14-15,20H,2,11-13H2,1H3. The maximum absolute atomic E-state index is 13.2. The summed E-state index contributed by atoms with van der Waals surface area (Å²) in [5.74, 6) is 0. The van der Waals surface area contributed by atoms with E-state index >= 15 is 0 Å². The Morgan fingerprint density at radius 2 is 2.00 bits per heavy atom. The lowest BCUT2D eigenvalue weighted by Gasteiger charge is -2.34. The fourth-order valence-corrected chi connectivity index (χ4v) is 4.84. The van der Waals surface area contributed by atoms with Gasteiger partial charge in [-0.05, 0) is 30.7 Å². The highest BCUT2D eigenvalue weighted by Crippen LogP contribution is 2.31. The fraction of sp³-hybridized carbons (Fsp3) is 0.316. The highest BCUT2D eigenvalue weighted by Gasteiger charge is 2.26. The third-order valence-electron chi connectivity index (χ3n) is 4.90. The maximum atomic E-state index is 13.2. The van der Waals surface area contributed by atoms with E-state index in [2.05, 4.69) is 22.1 Å². The number of hydrogen-bond donors (Lipinski definition) is 1. The second-order valence-electron chi connectivity index (χ2n) is 6.50. The highest BCUT2D eigenvalue weighted by atomic mass is 32.2. The number of nitrogens with one attached hydrogen (secondary N) is 1. The second-order valence-corrected chi connectivity index (χ2v) is 8.32. The van der Waals surface area contributed by atoms with Gasteiger partial charge in [-0.3, -0.25) is 4.98 Å². The van der Waals surface area contributed by atoms with Gasteiger partial charge in [0.2, 0.25) is 0 Å². The van der Waals surface area contributed by atoms with Crippen molar-refractivity contribution in [2.24, 2.45) is 0 Å². The Kier molecular flexibility index (Phi) is 4.42. The van der Waals surface area contributed by atoms with Gasteiger partial charge in [0.1, 0.15) is 5.52 Å². The van der Waals surface area contributed by atoms with Gasteiger partial charge in [-0.1, -0.05) is 25.1 Å². The van der Waals surface area contributed by atoms with E-state index in [1.54, 1.807) is 42.7 Å². The first-order valence-corrected chi connectivity index (χ1v) is 10.3. The van der Waals surface area contributed by atoms with Gasteiger partial charge in [0.25, 0.3) is 10.0 Å². The van der Waals surface area contributed by atoms with E-state index < -0.39 is 10.0 Å². The molecule has 136 valence electrons. The van der Waals surface area contributed by atoms with Crippen LogP contribution in [0, 0.1) is 0 Å². The molecule has 1 saturated heterocycles. The molecule has 1 atom stereocenters. The molecule has 1 aromatic carbocycles. The summed E-state index contributed by atoms with van der Waals surface area (Å²) in [6, 6.07) is 12.5. The summed E-state index contributed by atoms with van der Waals surface area (Å²) in [4.78, 5) is 7.00. The predicted molar refractivity (Wildman–Crippen MR) is 103 cm³/mol. The molecule has 26 heavy (non-hydrogen) atoms. The molecule has 0 amide bonds. The molecule has 0 radical (unpaired) electrons. The van der Waals surface area contributed by atoms with Crippen molar-refractivity contribution in [1.82, 2.24) is 14.3 Å². The number of rotatable bonds is 4. The van der Waals surface area contributed by atoms with Crippen molar-refractivity contribution < 1.29 is 8.42 Å². The monoisotopic (exact) mass is 370 g/mol. The maximum Gasteiger partial charge on any atom is 0.268 e. The van der Waals surface area contributed by atoms with Gasteiger partial charge in [0.15, 0.2) is 0 Å². The number of nitrogens with zero attached hydrogens (tertiary/aromatic N) is 3. The normalized spacial score (nSPS) is 18.3. The van der Waals surface area contributed by atoms with Crippen LogP contribution < -0.4 is 10.2 Å². The molecule has 7 heteroatoms. The predicted octanol–water partition coefficient (Wildman–Crippen LogP) is 2.46. The summed E-state index contributed by atoms with van der Waals surface area (Å²) in [6.45, 7) is 4.71. The number of anilines is 1. The highest BCUT2D eigenvalue weighted by molar-refractivity contribution is 7.90. The van der Waals surface area contributed by atoms with E-state index in [1.165, 1.54) is 3.97 Å². The lowest BCUT2D eigenvalue weighted by atomic mass is 10.1. The van der Waals surface area contributed by atoms with E-state index in [9.17, 15) is 8.42 Å². The van der Waals surface area contributed by atoms with Crippen LogP contribution in [-0.2, 0) is 10.0 Å². The smallest absolute Gasteiger partial charge is 0.268 e. The molecule has 0 bridgehead atoms. The summed E-state index contributed by atoms with van der Waals surface area (Å²) in [7, 11) is -3.67. The van der Waals surface area contributed by atoms with Crippen LogP contribution in [0.3, 0.4) is 0 Å². The molecular formula is C19H22N4O2S. The molecular weight excluding hydrogens is 348 g/mol. The van der Waals surface area contributed by atoms with Crippen LogP contribution in [0.2, 0.25) is 0 Å². The summed E-state index contributed by atoms with van der Waals surface area (Å²) >= 11 is 0. The molecule has 3 aromatic rings. The van der Waals surface area contributed by atoms with Crippen molar-refractivity contribution in [2.75, 3.05) is 24.5 Å². The summed E-state index contributed by atoms with van der Waals surface area (Å²) in [6.07, 6.45) is 4.47. The first kappa shape index (κ1) is 17.1. The molecule has 1 unspecified atom stereocenters. The minimum Gasteiger partial charge on any atom is -0.366 e. The Balaban J connectivity index is 1.85. The largest absolute Gasteiger partial charge is 0.366 e. The molecule has 0 saturated carbocycles. The van der Waals surface area contributed by atoms with Crippen LogP contribution in [0.15, 0.2) is 59.8 Å². The first-order valence-electron chi connectivity index (χ1n) is 8.86. The third-order valence-corrected chi connectivity index (χ3v) is 6.58. The number of pyridine rings is 1. The molecule has 2 aromatic heterocycles. The molecule has 0 aliphatic carbocycles. The van der Waals surface area contributed by atoms with Crippen molar-refractivity contribution in [2.45, 2.75) is 24.3 Å². The second kappa shape index (κ2) is 6.74. The van der Waals surface area contributed by atoms with Crippen LogP contribution in [0.1, 0.15) is 13.3 Å². The van der Waals surface area contributed by atoms with E-state index in [0.717, 1.165) is 37.3 Å². The number of benzene rings is 1. The van der Waals surface area contributed by atoms with Gasteiger partial charge in [-0.2, -0.15) is 0 Å². The fourth-order valence-electron chi connectivity index (χ4n) is 3.47. The van der Waals surface area contributed by atoms with Gasteiger partial charge in [0.05, 0.1) is 16.1 Å². The van der Waals surface area contributed by atoms with E-state index in [4.69, 9.17) is 0 Å². The molecule has 0 spiro atoms. The Hall–Kier alpha value is -2.38. The minimum absolute atomic E-state index is 0.277. The quantitative estimate of drug-likeness (QED) is 0.764.